The molecule has 7 nitrogen and oxygen atoms in total. The fraction of sp³-hybridized carbons (Fsp3) is 0.484. The fourth-order valence-corrected chi connectivity index (χ4v) is 4.45. The molecule has 0 bridgehead atoms. The Morgan fingerprint density at radius 1 is 1.08 bits per heavy atom. The predicted octanol–water partition coefficient (Wildman–Crippen LogP) is 5.78. The van der Waals surface area contributed by atoms with Gasteiger partial charge in [0.1, 0.15) is 35.9 Å². The molecule has 0 unspecified atom stereocenters. The lowest BCUT2D eigenvalue weighted by atomic mass is 10.0. The first-order valence-electron chi connectivity index (χ1n) is 13.5. The van der Waals surface area contributed by atoms with Gasteiger partial charge in [0.15, 0.2) is 0 Å². The first-order valence-corrected chi connectivity index (χ1v) is 13.5. The molecule has 2 aromatic rings. The number of hydrogen-bond acceptors (Lipinski definition) is 5. The van der Waals surface area contributed by atoms with Crippen molar-refractivity contribution in [2.75, 3.05) is 13.2 Å². The van der Waals surface area contributed by atoms with Gasteiger partial charge in [-0.25, -0.2) is 4.79 Å². The summed E-state index contributed by atoms with van der Waals surface area (Å²) in [5.41, 5.74) is 0.501. The Labute approximate surface area is 227 Å². The van der Waals surface area contributed by atoms with E-state index < -0.39 is 17.7 Å². The van der Waals surface area contributed by atoms with Crippen LogP contribution in [-0.2, 0) is 16.0 Å². The third-order valence-electron chi connectivity index (χ3n) is 6.29. The van der Waals surface area contributed by atoms with Crippen LogP contribution in [0.15, 0.2) is 66.7 Å². The lowest BCUT2D eigenvalue weighted by molar-refractivity contribution is -0.135. The van der Waals surface area contributed by atoms with E-state index in [0.717, 1.165) is 23.5 Å². The summed E-state index contributed by atoms with van der Waals surface area (Å²) in [4.78, 5) is 28.1. The molecule has 3 rings (SSSR count). The number of para-hydroxylation sites is 2. The topological polar surface area (TPSA) is 77.1 Å². The molecular formula is C31H42N2O5. The van der Waals surface area contributed by atoms with E-state index in [9.17, 15) is 9.59 Å². The van der Waals surface area contributed by atoms with Crippen LogP contribution in [0.1, 0.15) is 53.5 Å². The molecule has 0 spiro atoms. The molecule has 0 saturated carbocycles. The summed E-state index contributed by atoms with van der Waals surface area (Å²) in [6, 6.07) is 16.7. The molecule has 1 aliphatic rings. The Balaban J connectivity index is 1.74. The molecule has 1 heterocycles. The van der Waals surface area contributed by atoms with Gasteiger partial charge in [-0.15, -0.1) is 0 Å². The zero-order chi connectivity index (χ0) is 27.7. The first-order chi connectivity index (χ1) is 18.1. The van der Waals surface area contributed by atoms with Gasteiger partial charge in [-0.3, -0.25) is 4.79 Å². The van der Waals surface area contributed by atoms with Crippen molar-refractivity contribution in [1.29, 1.82) is 0 Å². The zero-order valence-corrected chi connectivity index (χ0v) is 23.5. The third kappa shape index (κ3) is 8.54. The minimum absolute atomic E-state index is 0.123. The summed E-state index contributed by atoms with van der Waals surface area (Å²) in [7, 11) is 0. The van der Waals surface area contributed by atoms with E-state index in [4.69, 9.17) is 14.2 Å². The van der Waals surface area contributed by atoms with E-state index in [1.54, 1.807) is 25.7 Å². The third-order valence-corrected chi connectivity index (χ3v) is 6.29. The summed E-state index contributed by atoms with van der Waals surface area (Å²) in [5.74, 6) is 1.35. The minimum Gasteiger partial charge on any atom is -0.489 e. The van der Waals surface area contributed by atoms with Crippen molar-refractivity contribution >= 4 is 12.0 Å². The van der Waals surface area contributed by atoms with Crippen molar-refractivity contribution in [3.05, 3.63) is 72.3 Å². The average molecular weight is 523 g/mol. The van der Waals surface area contributed by atoms with Crippen LogP contribution in [0.2, 0.25) is 0 Å². The molecule has 1 saturated heterocycles. The van der Waals surface area contributed by atoms with E-state index >= 15 is 0 Å². The van der Waals surface area contributed by atoms with Gasteiger partial charge in [0.2, 0.25) is 5.91 Å². The zero-order valence-electron chi connectivity index (χ0n) is 23.5. The van der Waals surface area contributed by atoms with Crippen LogP contribution in [0.4, 0.5) is 4.79 Å². The molecule has 2 aromatic carbocycles. The monoisotopic (exact) mass is 522 g/mol. The summed E-state index contributed by atoms with van der Waals surface area (Å²) in [5, 5.41) is 2.79. The van der Waals surface area contributed by atoms with Gasteiger partial charge >= 0.3 is 6.09 Å². The van der Waals surface area contributed by atoms with E-state index in [-0.39, 0.29) is 24.0 Å². The highest BCUT2D eigenvalue weighted by molar-refractivity contribution is 5.86. The number of rotatable bonds is 10. The van der Waals surface area contributed by atoms with Crippen molar-refractivity contribution in [3.63, 3.8) is 0 Å². The molecular weight excluding hydrogens is 480 g/mol. The molecule has 7 heteroatoms. The number of hydrogen-bond donors (Lipinski definition) is 1. The standard InChI is InChI=1S/C31H42N2O5/c1-7-23-14-11-12-18-27(23)36-19-13-15-24-20-26(37-25-16-9-8-10-17-25)21-33(24)29(34)28(22(2)3)32-30(35)38-31(4,5)6/h8-18,22,24,26,28H,7,19-21H2,1-6H3,(H,32,35)/b15-13+/t24-,26+,28+/m1/s1. The van der Waals surface area contributed by atoms with Gasteiger partial charge in [0, 0.05) is 6.42 Å². The summed E-state index contributed by atoms with van der Waals surface area (Å²) in [6.45, 7) is 12.1. The molecule has 38 heavy (non-hydrogen) atoms. The average Bonchev–Trinajstić information content (AvgIpc) is 3.26. The van der Waals surface area contributed by atoms with Crippen molar-refractivity contribution in [1.82, 2.24) is 10.2 Å². The van der Waals surface area contributed by atoms with Gasteiger partial charge in [0.25, 0.3) is 0 Å². The number of alkyl carbamates (subject to hydrolysis) is 1. The van der Waals surface area contributed by atoms with Crippen molar-refractivity contribution in [2.24, 2.45) is 5.92 Å². The van der Waals surface area contributed by atoms with Crippen LogP contribution >= 0.6 is 0 Å². The molecule has 0 aromatic heterocycles. The Morgan fingerprint density at radius 3 is 2.42 bits per heavy atom. The summed E-state index contributed by atoms with van der Waals surface area (Å²) < 4.78 is 17.6. The van der Waals surface area contributed by atoms with Crippen molar-refractivity contribution in [3.8, 4) is 11.5 Å². The van der Waals surface area contributed by atoms with Crippen LogP contribution < -0.4 is 14.8 Å². The Kier molecular flexibility index (Phi) is 10.2. The number of carbonyl (C=O) groups excluding carboxylic acids is 2. The second kappa shape index (κ2) is 13.4. The second-order valence-corrected chi connectivity index (χ2v) is 10.9. The van der Waals surface area contributed by atoms with Crippen LogP contribution in [0.5, 0.6) is 11.5 Å². The fourth-order valence-electron chi connectivity index (χ4n) is 4.45. The molecule has 1 aliphatic heterocycles. The number of aryl methyl sites for hydroxylation is 1. The van der Waals surface area contributed by atoms with Gasteiger partial charge in [-0.05, 0) is 62.9 Å². The second-order valence-electron chi connectivity index (χ2n) is 10.9. The van der Waals surface area contributed by atoms with Crippen LogP contribution in [-0.4, -0.2) is 53.8 Å². The van der Waals surface area contributed by atoms with Gasteiger partial charge in [-0.2, -0.15) is 0 Å². The van der Waals surface area contributed by atoms with Gasteiger partial charge in [-0.1, -0.05) is 63.2 Å². The highest BCUT2D eigenvalue weighted by Gasteiger charge is 2.39. The van der Waals surface area contributed by atoms with E-state index in [1.165, 1.54) is 0 Å². The molecule has 1 N–H and O–H groups in total. The number of likely N-dealkylation sites (tertiary alicyclic amines) is 1. The summed E-state index contributed by atoms with van der Waals surface area (Å²) in [6.07, 6.45) is 4.72. The number of nitrogens with one attached hydrogen (secondary N) is 1. The number of ether oxygens (including phenoxy) is 3. The van der Waals surface area contributed by atoms with Crippen LogP contribution in [0.25, 0.3) is 0 Å². The number of benzene rings is 2. The molecule has 0 aliphatic carbocycles. The smallest absolute Gasteiger partial charge is 0.408 e. The maximum Gasteiger partial charge on any atom is 0.408 e. The number of nitrogens with zero attached hydrogens (tertiary/aromatic N) is 1. The lowest BCUT2D eigenvalue weighted by Crippen LogP contribution is -2.53. The minimum atomic E-state index is -0.719. The maximum absolute atomic E-state index is 13.8. The quantitative estimate of drug-likeness (QED) is 0.400. The normalized spacial score (nSPS) is 18.4. The SMILES string of the molecule is CCc1ccccc1OC/C=C/[C@@H]1C[C@H](Oc2ccccc2)CN1C(=O)[C@@H](NC(=O)OC(C)(C)C)C(C)C. The molecule has 3 atom stereocenters. The van der Waals surface area contributed by atoms with Gasteiger partial charge < -0.3 is 24.4 Å². The van der Waals surface area contributed by atoms with Crippen molar-refractivity contribution < 1.29 is 23.8 Å². The Morgan fingerprint density at radius 2 is 1.76 bits per heavy atom. The van der Waals surface area contributed by atoms with E-state index in [0.29, 0.717) is 19.6 Å². The highest BCUT2D eigenvalue weighted by Crippen LogP contribution is 2.26. The van der Waals surface area contributed by atoms with E-state index in [1.807, 2.05) is 74.5 Å². The number of carbonyl (C=O) groups is 2. The largest absolute Gasteiger partial charge is 0.489 e. The molecule has 2 amide bonds. The van der Waals surface area contributed by atoms with Gasteiger partial charge in [0.05, 0.1) is 12.6 Å². The molecule has 0 radical (unpaired) electrons. The maximum atomic E-state index is 13.8. The molecule has 206 valence electrons. The summed E-state index contributed by atoms with van der Waals surface area (Å²) >= 11 is 0. The van der Waals surface area contributed by atoms with E-state index in [2.05, 4.69) is 18.3 Å². The lowest BCUT2D eigenvalue weighted by Gasteiger charge is -2.30. The Bertz CT molecular complexity index is 1080. The highest BCUT2D eigenvalue weighted by atomic mass is 16.6. The van der Waals surface area contributed by atoms with Crippen molar-refractivity contribution in [2.45, 2.75) is 78.2 Å². The van der Waals surface area contributed by atoms with Crippen LogP contribution in [0.3, 0.4) is 0 Å². The predicted molar refractivity (Wildman–Crippen MR) is 149 cm³/mol. The number of amides is 2. The first kappa shape index (κ1) is 29.1. The Hall–Kier alpha value is -3.48. The molecule has 1 fully saturated rings. The van der Waals surface area contributed by atoms with Crippen LogP contribution in [0, 0.1) is 5.92 Å².